The van der Waals surface area contributed by atoms with Crippen LogP contribution in [0.4, 0.5) is 0 Å². The Morgan fingerprint density at radius 3 is 2.45 bits per heavy atom. The van der Waals surface area contributed by atoms with E-state index in [2.05, 4.69) is 15.2 Å². The van der Waals surface area contributed by atoms with Crippen LogP contribution in [0.2, 0.25) is 0 Å². The number of halogens is 1. The van der Waals surface area contributed by atoms with Crippen LogP contribution in [0.3, 0.4) is 0 Å². The molecule has 2 aliphatic rings. The molecular formula is C20H41IN4O5S. The second-order valence-corrected chi connectivity index (χ2v) is 10.2. The van der Waals surface area contributed by atoms with Crippen molar-refractivity contribution in [2.24, 2.45) is 10.9 Å². The predicted octanol–water partition coefficient (Wildman–Crippen LogP) is 1.39. The SMILES string of the molecule is CN=C(NCCCOCC1CCOCC1)N1CCN(S(=O)(=O)CCOC(C)C)CC1.I. The van der Waals surface area contributed by atoms with Crippen LogP contribution in [0.5, 0.6) is 0 Å². The van der Waals surface area contributed by atoms with Crippen LogP contribution in [0.25, 0.3) is 0 Å². The molecule has 2 saturated heterocycles. The van der Waals surface area contributed by atoms with E-state index in [4.69, 9.17) is 14.2 Å². The second kappa shape index (κ2) is 15.6. The minimum absolute atomic E-state index is 0. The van der Waals surface area contributed by atoms with E-state index in [1.165, 1.54) is 0 Å². The van der Waals surface area contributed by atoms with Crippen LogP contribution in [-0.2, 0) is 24.2 Å². The summed E-state index contributed by atoms with van der Waals surface area (Å²) in [5.41, 5.74) is 0. The lowest BCUT2D eigenvalue weighted by Gasteiger charge is -2.35. The van der Waals surface area contributed by atoms with Crippen molar-refractivity contribution >= 4 is 40.0 Å². The largest absolute Gasteiger partial charge is 0.381 e. The molecule has 2 fully saturated rings. The quantitative estimate of drug-likeness (QED) is 0.172. The van der Waals surface area contributed by atoms with E-state index < -0.39 is 10.0 Å². The van der Waals surface area contributed by atoms with Gasteiger partial charge in [0.1, 0.15) is 0 Å². The van der Waals surface area contributed by atoms with Crippen LogP contribution in [0.15, 0.2) is 4.99 Å². The van der Waals surface area contributed by atoms with Gasteiger partial charge in [-0.2, -0.15) is 4.31 Å². The number of nitrogens with one attached hydrogen (secondary N) is 1. The molecule has 2 aliphatic heterocycles. The highest BCUT2D eigenvalue weighted by atomic mass is 127. The average Bonchev–Trinajstić information content (AvgIpc) is 2.74. The first-order valence-corrected chi connectivity index (χ1v) is 12.7. The fraction of sp³-hybridized carbons (Fsp3) is 0.950. The van der Waals surface area contributed by atoms with E-state index in [-0.39, 0.29) is 42.4 Å². The molecule has 0 radical (unpaired) electrons. The summed E-state index contributed by atoms with van der Waals surface area (Å²) in [5, 5.41) is 3.37. The summed E-state index contributed by atoms with van der Waals surface area (Å²) in [4.78, 5) is 6.46. The molecule has 0 aliphatic carbocycles. The molecule has 11 heteroatoms. The molecular weight excluding hydrogens is 535 g/mol. The molecule has 0 atom stereocenters. The van der Waals surface area contributed by atoms with Crippen LogP contribution < -0.4 is 5.32 Å². The van der Waals surface area contributed by atoms with E-state index in [1.54, 1.807) is 11.4 Å². The highest BCUT2D eigenvalue weighted by Crippen LogP contribution is 2.14. The van der Waals surface area contributed by atoms with E-state index in [1.807, 2.05) is 13.8 Å². The number of aliphatic imine (C=N–C) groups is 1. The Bertz CT molecular complexity index is 607. The van der Waals surface area contributed by atoms with Gasteiger partial charge in [-0.15, -0.1) is 24.0 Å². The zero-order valence-corrected chi connectivity index (χ0v) is 22.4. The molecule has 1 N–H and O–H groups in total. The minimum atomic E-state index is -3.27. The van der Waals surface area contributed by atoms with Gasteiger partial charge in [-0.1, -0.05) is 0 Å². The van der Waals surface area contributed by atoms with Crippen molar-refractivity contribution in [1.29, 1.82) is 0 Å². The molecule has 2 heterocycles. The maximum absolute atomic E-state index is 12.5. The third-order valence-corrected chi connectivity index (χ3v) is 7.21. The van der Waals surface area contributed by atoms with Crippen molar-refractivity contribution < 1.29 is 22.6 Å². The first-order chi connectivity index (χ1) is 14.4. The highest BCUT2D eigenvalue weighted by Gasteiger charge is 2.27. The fourth-order valence-electron chi connectivity index (χ4n) is 3.57. The Morgan fingerprint density at radius 2 is 1.84 bits per heavy atom. The second-order valence-electron chi connectivity index (χ2n) is 8.08. The molecule has 31 heavy (non-hydrogen) atoms. The third kappa shape index (κ3) is 11.0. The molecule has 184 valence electrons. The smallest absolute Gasteiger partial charge is 0.216 e. The summed E-state index contributed by atoms with van der Waals surface area (Å²) >= 11 is 0. The molecule has 0 amide bonds. The lowest BCUT2D eigenvalue weighted by atomic mass is 10.0. The van der Waals surface area contributed by atoms with Gasteiger partial charge in [0.25, 0.3) is 0 Å². The molecule has 0 aromatic rings. The molecule has 0 bridgehead atoms. The minimum Gasteiger partial charge on any atom is -0.381 e. The molecule has 0 aromatic heterocycles. The van der Waals surface area contributed by atoms with Gasteiger partial charge in [-0.3, -0.25) is 4.99 Å². The number of ether oxygens (including phenoxy) is 3. The Kier molecular flexibility index (Phi) is 14.5. The molecule has 9 nitrogen and oxygen atoms in total. The van der Waals surface area contributed by atoms with Gasteiger partial charge >= 0.3 is 0 Å². The molecule has 0 spiro atoms. The Labute approximate surface area is 205 Å². The molecule has 0 aromatic carbocycles. The van der Waals surface area contributed by atoms with Gasteiger partial charge in [0, 0.05) is 66.2 Å². The standard InChI is InChI=1S/C20H40N4O5S.HI/c1-18(2)29-15-16-30(25,26)24-10-8-23(9-11-24)20(21-3)22-7-4-12-28-17-19-5-13-27-14-6-19;/h18-19H,4-17H2,1-3H3,(H,21,22);1H. The van der Waals surface area contributed by atoms with Gasteiger partial charge in [-0.05, 0) is 39.0 Å². The van der Waals surface area contributed by atoms with Gasteiger partial charge in [0.15, 0.2) is 5.96 Å². The summed E-state index contributed by atoms with van der Waals surface area (Å²) in [6.07, 6.45) is 3.14. The number of nitrogens with zero attached hydrogens (tertiary/aromatic N) is 3. The highest BCUT2D eigenvalue weighted by molar-refractivity contribution is 14.0. The van der Waals surface area contributed by atoms with Crippen LogP contribution in [-0.4, -0.2) is 108 Å². The van der Waals surface area contributed by atoms with E-state index in [0.29, 0.717) is 32.1 Å². The summed E-state index contributed by atoms with van der Waals surface area (Å²) in [7, 11) is -1.51. The lowest BCUT2D eigenvalue weighted by molar-refractivity contribution is 0.0203. The maximum Gasteiger partial charge on any atom is 0.216 e. The Balaban J connectivity index is 0.00000480. The topological polar surface area (TPSA) is 92.7 Å². The third-order valence-electron chi connectivity index (χ3n) is 5.38. The van der Waals surface area contributed by atoms with Crippen LogP contribution in [0.1, 0.15) is 33.1 Å². The van der Waals surface area contributed by atoms with Gasteiger partial charge in [0.2, 0.25) is 10.0 Å². The summed E-state index contributed by atoms with van der Waals surface area (Å²) in [5.74, 6) is 1.48. The predicted molar refractivity (Wildman–Crippen MR) is 134 cm³/mol. The molecule has 0 saturated carbocycles. The van der Waals surface area contributed by atoms with Gasteiger partial charge in [0.05, 0.1) is 18.5 Å². The molecule has 0 unspecified atom stereocenters. The van der Waals surface area contributed by atoms with Crippen molar-refractivity contribution in [1.82, 2.24) is 14.5 Å². The summed E-state index contributed by atoms with van der Waals surface area (Å²) < 4.78 is 43.0. The number of hydrogen-bond acceptors (Lipinski definition) is 6. The molecule has 2 rings (SSSR count). The van der Waals surface area contributed by atoms with E-state index in [0.717, 1.165) is 58.2 Å². The number of piperazine rings is 1. The Morgan fingerprint density at radius 1 is 1.16 bits per heavy atom. The van der Waals surface area contributed by atoms with E-state index in [9.17, 15) is 8.42 Å². The summed E-state index contributed by atoms with van der Waals surface area (Å²) in [6, 6.07) is 0. The first-order valence-electron chi connectivity index (χ1n) is 11.1. The van der Waals surface area contributed by atoms with Crippen molar-refractivity contribution in [3.63, 3.8) is 0 Å². The summed E-state index contributed by atoms with van der Waals surface area (Å²) in [6.45, 7) is 10.3. The van der Waals surface area contributed by atoms with Crippen LogP contribution in [0, 0.1) is 5.92 Å². The van der Waals surface area contributed by atoms with Gasteiger partial charge in [-0.25, -0.2) is 8.42 Å². The van der Waals surface area contributed by atoms with Crippen LogP contribution >= 0.6 is 24.0 Å². The zero-order chi connectivity index (χ0) is 21.8. The van der Waals surface area contributed by atoms with Gasteiger partial charge < -0.3 is 24.4 Å². The van der Waals surface area contributed by atoms with Crippen molar-refractivity contribution in [3.8, 4) is 0 Å². The monoisotopic (exact) mass is 576 g/mol. The lowest BCUT2D eigenvalue weighted by Crippen LogP contribution is -2.54. The van der Waals surface area contributed by atoms with Crippen molar-refractivity contribution in [3.05, 3.63) is 0 Å². The number of hydrogen-bond donors (Lipinski definition) is 1. The van der Waals surface area contributed by atoms with Crippen molar-refractivity contribution in [2.75, 3.05) is 78.6 Å². The first kappa shape index (κ1) is 28.8. The van der Waals surface area contributed by atoms with E-state index >= 15 is 0 Å². The zero-order valence-electron chi connectivity index (χ0n) is 19.3. The maximum atomic E-state index is 12.5. The number of sulfonamides is 1. The Hall–Kier alpha value is -0.210. The fourth-order valence-corrected chi connectivity index (χ4v) is 4.85. The average molecular weight is 577 g/mol. The number of rotatable bonds is 11. The normalized spacial score (nSPS) is 19.5. The number of guanidine groups is 1. The van der Waals surface area contributed by atoms with Crippen molar-refractivity contribution in [2.45, 2.75) is 39.2 Å².